The zero-order valence-electron chi connectivity index (χ0n) is 10.7. The standard InChI is InChI=1S/C14H18N2O3/c15-10-12-9-11-3-1-2-4-13(11)16(14(12)18)5-7-19-8-6-17/h1-4,9,17H,5-8,10,15H2. The second-order valence-electron chi connectivity index (χ2n) is 4.23. The van der Waals surface area contributed by atoms with Crippen molar-refractivity contribution in [1.82, 2.24) is 4.57 Å². The summed E-state index contributed by atoms with van der Waals surface area (Å²) in [6, 6.07) is 9.53. The fourth-order valence-electron chi connectivity index (χ4n) is 2.08. The normalized spacial score (nSPS) is 11.1. The van der Waals surface area contributed by atoms with Crippen molar-refractivity contribution in [3.05, 3.63) is 46.2 Å². The van der Waals surface area contributed by atoms with E-state index in [2.05, 4.69) is 0 Å². The Kier molecular flexibility index (Phi) is 4.68. The average molecular weight is 262 g/mol. The molecule has 0 radical (unpaired) electrons. The molecule has 0 spiro atoms. The first kappa shape index (κ1) is 13.7. The van der Waals surface area contributed by atoms with Crippen molar-refractivity contribution in [2.45, 2.75) is 13.1 Å². The summed E-state index contributed by atoms with van der Waals surface area (Å²) in [6.45, 7) is 1.33. The van der Waals surface area contributed by atoms with E-state index in [1.165, 1.54) is 0 Å². The Morgan fingerprint density at radius 3 is 2.79 bits per heavy atom. The number of pyridine rings is 1. The van der Waals surface area contributed by atoms with Crippen molar-refractivity contribution in [3.8, 4) is 0 Å². The van der Waals surface area contributed by atoms with Gasteiger partial charge in [0.15, 0.2) is 0 Å². The lowest BCUT2D eigenvalue weighted by Crippen LogP contribution is -2.27. The third-order valence-electron chi connectivity index (χ3n) is 2.99. The Hall–Kier alpha value is -1.69. The number of hydrogen-bond acceptors (Lipinski definition) is 4. The summed E-state index contributed by atoms with van der Waals surface area (Å²) in [4.78, 5) is 12.3. The summed E-state index contributed by atoms with van der Waals surface area (Å²) in [5.41, 5.74) is 7.00. The summed E-state index contributed by atoms with van der Waals surface area (Å²) in [5.74, 6) is 0. The van der Waals surface area contributed by atoms with Gasteiger partial charge in [-0.05, 0) is 17.5 Å². The number of nitrogens with zero attached hydrogens (tertiary/aromatic N) is 1. The summed E-state index contributed by atoms with van der Waals surface area (Å²) in [7, 11) is 0. The molecule has 0 bridgehead atoms. The van der Waals surface area contributed by atoms with Gasteiger partial charge in [-0.25, -0.2) is 0 Å². The van der Waals surface area contributed by atoms with Crippen molar-refractivity contribution < 1.29 is 9.84 Å². The molecule has 0 atom stereocenters. The van der Waals surface area contributed by atoms with E-state index in [9.17, 15) is 4.79 Å². The second kappa shape index (κ2) is 6.47. The maximum absolute atomic E-state index is 12.3. The predicted octanol–water partition coefficient (Wildman–Crippen LogP) is 0.469. The molecule has 1 aromatic carbocycles. The lowest BCUT2D eigenvalue weighted by molar-refractivity contribution is 0.0871. The molecule has 0 saturated carbocycles. The smallest absolute Gasteiger partial charge is 0.255 e. The quantitative estimate of drug-likeness (QED) is 0.742. The number of fused-ring (bicyclic) bond motifs is 1. The summed E-state index contributed by atoms with van der Waals surface area (Å²) in [5, 5.41) is 9.65. The minimum absolute atomic E-state index is 0.0154. The summed E-state index contributed by atoms with van der Waals surface area (Å²) < 4.78 is 6.90. The lowest BCUT2D eigenvalue weighted by atomic mass is 10.1. The molecule has 0 saturated heterocycles. The first-order valence-electron chi connectivity index (χ1n) is 6.28. The van der Waals surface area contributed by atoms with Gasteiger partial charge in [0, 0.05) is 18.7 Å². The first-order valence-corrected chi connectivity index (χ1v) is 6.28. The number of aromatic nitrogens is 1. The molecule has 0 amide bonds. The molecule has 2 rings (SSSR count). The van der Waals surface area contributed by atoms with Crippen LogP contribution >= 0.6 is 0 Å². The monoisotopic (exact) mass is 262 g/mol. The number of para-hydroxylation sites is 1. The molecule has 0 unspecified atom stereocenters. The molecular weight excluding hydrogens is 244 g/mol. The van der Waals surface area contributed by atoms with Gasteiger partial charge in [0.25, 0.3) is 5.56 Å². The maximum atomic E-state index is 12.3. The van der Waals surface area contributed by atoms with Crippen LogP contribution in [0, 0.1) is 0 Å². The summed E-state index contributed by atoms with van der Waals surface area (Å²) in [6.07, 6.45) is 0. The van der Waals surface area contributed by atoms with E-state index < -0.39 is 0 Å². The Labute approximate surface area is 111 Å². The van der Waals surface area contributed by atoms with Gasteiger partial charge in [-0.2, -0.15) is 0 Å². The van der Waals surface area contributed by atoms with Crippen molar-refractivity contribution in [1.29, 1.82) is 0 Å². The van der Waals surface area contributed by atoms with Crippen LogP contribution in [0.25, 0.3) is 10.9 Å². The van der Waals surface area contributed by atoms with Gasteiger partial charge in [-0.1, -0.05) is 18.2 Å². The van der Waals surface area contributed by atoms with E-state index in [0.717, 1.165) is 10.9 Å². The predicted molar refractivity (Wildman–Crippen MR) is 74.0 cm³/mol. The van der Waals surface area contributed by atoms with Gasteiger partial charge in [0.2, 0.25) is 0 Å². The fourth-order valence-corrected chi connectivity index (χ4v) is 2.08. The molecule has 5 heteroatoms. The molecule has 1 aromatic heterocycles. The van der Waals surface area contributed by atoms with Gasteiger partial charge in [-0.3, -0.25) is 4.79 Å². The molecule has 0 aliphatic heterocycles. The van der Waals surface area contributed by atoms with E-state index in [0.29, 0.717) is 18.7 Å². The molecule has 19 heavy (non-hydrogen) atoms. The SMILES string of the molecule is NCc1cc2ccccc2n(CCOCCO)c1=O. The topological polar surface area (TPSA) is 77.5 Å². The third kappa shape index (κ3) is 3.01. The molecule has 1 heterocycles. The van der Waals surface area contributed by atoms with Crippen LogP contribution in [-0.2, 0) is 17.8 Å². The fraction of sp³-hybridized carbons (Fsp3) is 0.357. The van der Waals surface area contributed by atoms with E-state index in [1.54, 1.807) is 4.57 Å². The third-order valence-corrected chi connectivity index (χ3v) is 2.99. The first-order chi connectivity index (χ1) is 9.27. The Balaban J connectivity index is 2.38. The molecule has 102 valence electrons. The molecule has 0 aliphatic rings. The van der Waals surface area contributed by atoms with Gasteiger partial charge in [0.05, 0.1) is 25.3 Å². The van der Waals surface area contributed by atoms with E-state index >= 15 is 0 Å². The van der Waals surface area contributed by atoms with Crippen molar-refractivity contribution >= 4 is 10.9 Å². The summed E-state index contributed by atoms with van der Waals surface area (Å²) >= 11 is 0. The van der Waals surface area contributed by atoms with Crippen LogP contribution < -0.4 is 11.3 Å². The zero-order chi connectivity index (χ0) is 13.7. The van der Waals surface area contributed by atoms with Gasteiger partial charge >= 0.3 is 0 Å². The van der Waals surface area contributed by atoms with Crippen LogP contribution in [0.15, 0.2) is 35.1 Å². The molecule has 2 aromatic rings. The Morgan fingerprint density at radius 1 is 1.26 bits per heavy atom. The molecule has 0 fully saturated rings. The van der Waals surface area contributed by atoms with Crippen LogP contribution in [0.3, 0.4) is 0 Å². The Bertz CT molecular complexity index is 607. The van der Waals surface area contributed by atoms with E-state index in [1.807, 2.05) is 30.3 Å². The van der Waals surface area contributed by atoms with Crippen molar-refractivity contribution in [3.63, 3.8) is 0 Å². The number of aliphatic hydroxyl groups is 1. The number of ether oxygens (including phenoxy) is 1. The number of nitrogens with two attached hydrogens (primary N) is 1. The molecule has 3 N–H and O–H groups in total. The van der Waals surface area contributed by atoms with E-state index in [-0.39, 0.29) is 25.3 Å². The number of rotatable bonds is 6. The average Bonchev–Trinajstić information content (AvgIpc) is 2.45. The van der Waals surface area contributed by atoms with Crippen molar-refractivity contribution in [2.75, 3.05) is 19.8 Å². The highest BCUT2D eigenvalue weighted by atomic mass is 16.5. The lowest BCUT2D eigenvalue weighted by Gasteiger charge is -2.12. The zero-order valence-corrected chi connectivity index (χ0v) is 10.7. The number of hydrogen-bond donors (Lipinski definition) is 2. The number of benzene rings is 1. The van der Waals surface area contributed by atoms with Crippen LogP contribution in [0.2, 0.25) is 0 Å². The van der Waals surface area contributed by atoms with Gasteiger partial charge < -0.3 is 20.1 Å². The second-order valence-corrected chi connectivity index (χ2v) is 4.23. The molecular formula is C14H18N2O3. The highest BCUT2D eigenvalue weighted by molar-refractivity contribution is 5.79. The largest absolute Gasteiger partial charge is 0.394 e. The molecule has 5 nitrogen and oxygen atoms in total. The molecule has 0 aliphatic carbocycles. The maximum Gasteiger partial charge on any atom is 0.255 e. The minimum atomic E-state index is -0.0752. The van der Waals surface area contributed by atoms with Gasteiger partial charge in [0.1, 0.15) is 0 Å². The highest BCUT2D eigenvalue weighted by Crippen LogP contribution is 2.13. The van der Waals surface area contributed by atoms with Crippen LogP contribution in [0.1, 0.15) is 5.56 Å². The minimum Gasteiger partial charge on any atom is -0.394 e. The highest BCUT2D eigenvalue weighted by Gasteiger charge is 2.07. The van der Waals surface area contributed by atoms with E-state index in [4.69, 9.17) is 15.6 Å². The number of aliphatic hydroxyl groups excluding tert-OH is 1. The van der Waals surface area contributed by atoms with Crippen molar-refractivity contribution in [2.24, 2.45) is 5.73 Å². The van der Waals surface area contributed by atoms with Crippen LogP contribution in [0.4, 0.5) is 0 Å². The van der Waals surface area contributed by atoms with Crippen LogP contribution in [0.5, 0.6) is 0 Å². The Morgan fingerprint density at radius 2 is 2.05 bits per heavy atom. The van der Waals surface area contributed by atoms with Gasteiger partial charge in [-0.15, -0.1) is 0 Å². The van der Waals surface area contributed by atoms with Crippen LogP contribution in [-0.4, -0.2) is 29.5 Å².